The zero-order chi connectivity index (χ0) is 16.9. The lowest BCUT2D eigenvalue weighted by Crippen LogP contribution is -2.22. The van der Waals surface area contributed by atoms with Gasteiger partial charge in [0.2, 0.25) is 5.91 Å². The van der Waals surface area contributed by atoms with E-state index in [1.165, 1.54) is 0 Å². The van der Waals surface area contributed by atoms with Crippen LogP contribution in [0.25, 0.3) is 0 Å². The van der Waals surface area contributed by atoms with Gasteiger partial charge in [0.1, 0.15) is 0 Å². The Morgan fingerprint density at radius 2 is 1.71 bits per heavy atom. The third-order valence-corrected chi connectivity index (χ3v) is 4.07. The first-order valence-electron chi connectivity index (χ1n) is 7.51. The lowest BCUT2D eigenvalue weighted by molar-refractivity contribution is -0.114. The van der Waals surface area contributed by atoms with E-state index in [4.69, 9.17) is 32.7 Å². The molecular formula is C17H16Cl2N2O3. The number of carbonyl (C=O) groups is 1. The molecule has 0 aromatic heterocycles. The number of hydrogen-bond acceptors (Lipinski definition) is 4. The van der Waals surface area contributed by atoms with Gasteiger partial charge in [0.05, 0.1) is 41.2 Å². The molecule has 0 bridgehead atoms. The number of anilines is 2. The van der Waals surface area contributed by atoms with Crippen LogP contribution < -0.4 is 20.1 Å². The highest BCUT2D eigenvalue weighted by Crippen LogP contribution is 2.37. The molecule has 3 rings (SSSR count). The first-order valence-corrected chi connectivity index (χ1v) is 8.26. The first-order chi connectivity index (χ1) is 11.6. The summed E-state index contributed by atoms with van der Waals surface area (Å²) >= 11 is 12.3. The number of para-hydroxylation sites is 1. The first kappa shape index (κ1) is 16.7. The fourth-order valence-electron chi connectivity index (χ4n) is 2.25. The third kappa shape index (κ3) is 4.04. The van der Waals surface area contributed by atoms with Crippen molar-refractivity contribution in [1.29, 1.82) is 0 Å². The summed E-state index contributed by atoms with van der Waals surface area (Å²) in [6.45, 7) is 1.21. The highest BCUT2D eigenvalue weighted by atomic mass is 35.5. The van der Waals surface area contributed by atoms with Gasteiger partial charge >= 0.3 is 0 Å². The van der Waals surface area contributed by atoms with Gasteiger partial charge in [-0.05, 0) is 12.1 Å². The van der Waals surface area contributed by atoms with Crippen LogP contribution in [0.4, 0.5) is 11.4 Å². The number of amides is 1. The Morgan fingerprint density at radius 1 is 1.00 bits per heavy atom. The van der Waals surface area contributed by atoms with Gasteiger partial charge in [0.25, 0.3) is 0 Å². The van der Waals surface area contributed by atoms with Crippen molar-refractivity contribution in [2.75, 3.05) is 30.4 Å². The second-order valence-corrected chi connectivity index (χ2v) is 6.03. The standard InChI is InChI=1S/C17H16Cl2N2O3/c18-11-4-1-2-5-13(11)20-10-17(22)21-14-9-16-15(8-12(14)19)23-6-3-7-24-16/h1-2,4-5,8-9,20H,3,6-7,10H2,(H,21,22). The molecule has 5 nitrogen and oxygen atoms in total. The van der Waals surface area contributed by atoms with Gasteiger partial charge in [-0.25, -0.2) is 0 Å². The summed E-state index contributed by atoms with van der Waals surface area (Å²) < 4.78 is 11.2. The van der Waals surface area contributed by atoms with E-state index in [9.17, 15) is 4.79 Å². The van der Waals surface area contributed by atoms with Gasteiger partial charge in [-0.1, -0.05) is 35.3 Å². The van der Waals surface area contributed by atoms with Crippen molar-refractivity contribution in [2.45, 2.75) is 6.42 Å². The Kier molecular flexibility index (Phi) is 5.33. The Bertz CT molecular complexity index is 753. The predicted molar refractivity (Wildman–Crippen MR) is 95.6 cm³/mol. The van der Waals surface area contributed by atoms with Crippen LogP contribution in [-0.2, 0) is 4.79 Å². The number of benzene rings is 2. The van der Waals surface area contributed by atoms with Crippen LogP contribution in [0.2, 0.25) is 10.0 Å². The summed E-state index contributed by atoms with van der Waals surface area (Å²) in [5.74, 6) is 0.919. The van der Waals surface area contributed by atoms with Crippen LogP contribution in [0.5, 0.6) is 11.5 Å². The van der Waals surface area contributed by atoms with Crippen LogP contribution in [0.15, 0.2) is 36.4 Å². The zero-order valence-corrected chi connectivity index (χ0v) is 14.3. The monoisotopic (exact) mass is 366 g/mol. The van der Waals surface area contributed by atoms with Gasteiger partial charge in [0.15, 0.2) is 11.5 Å². The molecule has 24 heavy (non-hydrogen) atoms. The number of carbonyl (C=O) groups excluding carboxylic acids is 1. The maximum Gasteiger partial charge on any atom is 0.243 e. The molecule has 1 amide bonds. The lowest BCUT2D eigenvalue weighted by Gasteiger charge is -2.13. The van der Waals surface area contributed by atoms with E-state index in [1.807, 2.05) is 12.1 Å². The van der Waals surface area contributed by atoms with E-state index in [2.05, 4.69) is 10.6 Å². The topological polar surface area (TPSA) is 59.6 Å². The Morgan fingerprint density at radius 3 is 2.46 bits per heavy atom. The maximum absolute atomic E-state index is 12.1. The highest BCUT2D eigenvalue weighted by molar-refractivity contribution is 6.34. The molecule has 0 unspecified atom stereocenters. The smallest absolute Gasteiger partial charge is 0.243 e. The van der Waals surface area contributed by atoms with E-state index in [0.29, 0.717) is 46.1 Å². The van der Waals surface area contributed by atoms with E-state index < -0.39 is 0 Å². The van der Waals surface area contributed by atoms with Gasteiger partial charge in [-0.2, -0.15) is 0 Å². The molecule has 0 saturated carbocycles. The zero-order valence-electron chi connectivity index (χ0n) is 12.8. The fraction of sp³-hybridized carbons (Fsp3) is 0.235. The fourth-order valence-corrected chi connectivity index (χ4v) is 2.66. The third-order valence-electron chi connectivity index (χ3n) is 3.42. The summed E-state index contributed by atoms with van der Waals surface area (Å²) in [5, 5.41) is 6.69. The van der Waals surface area contributed by atoms with Gasteiger partial charge < -0.3 is 20.1 Å². The summed E-state index contributed by atoms with van der Waals surface area (Å²) in [4.78, 5) is 12.1. The average molecular weight is 367 g/mol. The molecule has 126 valence electrons. The van der Waals surface area contributed by atoms with Crippen molar-refractivity contribution in [1.82, 2.24) is 0 Å². The van der Waals surface area contributed by atoms with Crippen LogP contribution in [0, 0.1) is 0 Å². The average Bonchev–Trinajstić information content (AvgIpc) is 2.79. The van der Waals surface area contributed by atoms with Crippen LogP contribution in [-0.4, -0.2) is 25.7 Å². The van der Waals surface area contributed by atoms with Crippen molar-refractivity contribution >= 4 is 40.5 Å². The van der Waals surface area contributed by atoms with Gasteiger partial charge in [-0.3, -0.25) is 4.79 Å². The summed E-state index contributed by atoms with van der Waals surface area (Å²) in [5.41, 5.74) is 1.17. The van der Waals surface area contributed by atoms with E-state index in [1.54, 1.807) is 24.3 Å². The number of halogens is 2. The van der Waals surface area contributed by atoms with Crippen LogP contribution in [0.3, 0.4) is 0 Å². The van der Waals surface area contributed by atoms with Crippen molar-refractivity contribution in [2.24, 2.45) is 0 Å². The second kappa shape index (κ2) is 7.64. The molecule has 2 aromatic rings. The predicted octanol–water partition coefficient (Wildman–Crippen LogP) is 4.21. The highest BCUT2D eigenvalue weighted by Gasteiger charge is 2.15. The second-order valence-electron chi connectivity index (χ2n) is 5.21. The number of nitrogens with one attached hydrogen (secondary N) is 2. The molecule has 0 fully saturated rings. The van der Waals surface area contributed by atoms with Crippen molar-refractivity contribution in [3.05, 3.63) is 46.4 Å². The molecule has 7 heteroatoms. The van der Waals surface area contributed by atoms with Crippen molar-refractivity contribution in [3.63, 3.8) is 0 Å². The van der Waals surface area contributed by atoms with Crippen molar-refractivity contribution < 1.29 is 14.3 Å². The normalized spacial score (nSPS) is 13.1. The lowest BCUT2D eigenvalue weighted by atomic mass is 10.2. The molecule has 2 N–H and O–H groups in total. The van der Waals surface area contributed by atoms with Crippen LogP contribution in [0.1, 0.15) is 6.42 Å². The summed E-state index contributed by atoms with van der Waals surface area (Å²) in [6, 6.07) is 10.5. The van der Waals surface area contributed by atoms with Crippen LogP contribution >= 0.6 is 23.2 Å². The molecule has 0 atom stereocenters. The minimum atomic E-state index is -0.244. The summed E-state index contributed by atoms with van der Waals surface area (Å²) in [6.07, 6.45) is 0.801. The molecule has 0 saturated heterocycles. The summed E-state index contributed by atoms with van der Waals surface area (Å²) in [7, 11) is 0. The molecule has 1 heterocycles. The molecule has 1 aliphatic heterocycles. The Hall–Kier alpha value is -2.11. The number of fused-ring (bicyclic) bond motifs is 1. The number of rotatable bonds is 4. The van der Waals surface area contributed by atoms with E-state index in [0.717, 1.165) is 6.42 Å². The minimum absolute atomic E-state index is 0.0640. The molecule has 1 aliphatic rings. The largest absolute Gasteiger partial charge is 0.490 e. The van der Waals surface area contributed by atoms with Gasteiger partial charge in [-0.15, -0.1) is 0 Å². The number of hydrogen-bond donors (Lipinski definition) is 2. The molecule has 2 aromatic carbocycles. The molecule has 0 aliphatic carbocycles. The van der Waals surface area contributed by atoms with Crippen molar-refractivity contribution in [3.8, 4) is 11.5 Å². The van der Waals surface area contributed by atoms with E-state index in [-0.39, 0.29) is 12.5 Å². The molecule has 0 radical (unpaired) electrons. The SMILES string of the molecule is O=C(CNc1ccccc1Cl)Nc1cc2c(cc1Cl)OCCCO2. The van der Waals surface area contributed by atoms with E-state index >= 15 is 0 Å². The number of ether oxygens (including phenoxy) is 2. The Labute approximate surface area is 149 Å². The molecular weight excluding hydrogens is 351 g/mol. The Balaban J connectivity index is 1.66. The maximum atomic E-state index is 12.1. The van der Waals surface area contributed by atoms with Gasteiger partial charge in [0, 0.05) is 18.6 Å². The quantitative estimate of drug-likeness (QED) is 0.850. The minimum Gasteiger partial charge on any atom is -0.490 e. The molecule has 0 spiro atoms.